The molecule has 3 aromatic carbocycles. The number of fused-ring (bicyclic) bond motifs is 2. The summed E-state index contributed by atoms with van der Waals surface area (Å²) in [5.41, 5.74) is 2.64. The van der Waals surface area contributed by atoms with Gasteiger partial charge in [0.05, 0.1) is 37.3 Å². The SMILES string of the molecule is CCOc1cc(C(CC(=O)NO)N2C(=O)c3cc4ccccc4cc3C2=O)ccc1OC. The molecule has 164 valence electrons. The number of amides is 3. The Hall–Kier alpha value is -3.91. The number of ether oxygens (including phenoxy) is 2. The largest absolute Gasteiger partial charge is 0.493 e. The molecule has 0 aliphatic carbocycles. The zero-order chi connectivity index (χ0) is 22.8. The first-order chi connectivity index (χ1) is 15.5. The number of imide groups is 1. The molecule has 0 bridgehead atoms. The number of carbonyl (C=O) groups is 3. The van der Waals surface area contributed by atoms with Crippen molar-refractivity contribution in [2.45, 2.75) is 19.4 Å². The molecule has 1 aliphatic heterocycles. The van der Waals surface area contributed by atoms with Gasteiger partial charge in [0.15, 0.2) is 11.5 Å². The van der Waals surface area contributed by atoms with E-state index in [0.717, 1.165) is 15.7 Å². The summed E-state index contributed by atoms with van der Waals surface area (Å²) in [6.45, 7) is 2.19. The monoisotopic (exact) mass is 434 g/mol. The van der Waals surface area contributed by atoms with Crippen molar-refractivity contribution in [1.82, 2.24) is 10.4 Å². The second kappa shape index (κ2) is 8.68. The smallest absolute Gasteiger partial charge is 0.262 e. The molecule has 3 aromatic rings. The number of methoxy groups -OCH3 is 1. The first kappa shape index (κ1) is 21.3. The highest BCUT2D eigenvalue weighted by Gasteiger charge is 2.41. The van der Waals surface area contributed by atoms with Crippen LogP contribution in [0.5, 0.6) is 11.5 Å². The van der Waals surface area contributed by atoms with Gasteiger partial charge in [-0.25, -0.2) is 5.48 Å². The minimum atomic E-state index is -0.956. The molecule has 0 saturated heterocycles. The van der Waals surface area contributed by atoms with E-state index in [4.69, 9.17) is 14.7 Å². The summed E-state index contributed by atoms with van der Waals surface area (Å²) in [6, 6.07) is 14.8. The predicted molar refractivity (Wildman–Crippen MR) is 116 cm³/mol. The van der Waals surface area contributed by atoms with Crippen molar-refractivity contribution in [1.29, 1.82) is 0 Å². The standard InChI is InChI=1S/C24H22N2O6/c1-3-32-21-12-16(8-9-20(21)31-2)19(13-22(27)25-30)26-23(28)17-10-14-6-4-5-7-15(14)11-18(17)24(26)29/h4-12,19,30H,3,13H2,1-2H3,(H,25,27). The average molecular weight is 434 g/mol. The van der Waals surface area contributed by atoms with Gasteiger partial charge in [-0.3, -0.25) is 24.5 Å². The molecular formula is C24H22N2O6. The van der Waals surface area contributed by atoms with Crippen LogP contribution in [0.4, 0.5) is 0 Å². The first-order valence-electron chi connectivity index (χ1n) is 10.1. The lowest BCUT2D eigenvalue weighted by Crippen LogP contribution is -2.37. The van der Waals surface area contributed by atoms with Crippen LogP contribution >= 0.6 is 0 Å². The molecule has 0 spiro atoms. The molecule has 4 rings (SSSR count). The van der Waals surface area contributed by atoms with E-state index >= 15 is 0 Å². The zero-order valence-corrected chi connectivity index (χ0v) is 17.6. The Morgan fingerprint density at radius 2 is 1.62 bits per heavy atom. The van der Waals surface area contributed by atoms with Gasteiger partial charge in [-0.15, -0.1) is 0 Å². The topological polar surface area (TPSA) is 105 Å². The quantitative estimate of drug-likeness (QED) is 0.335. The number of nitrogens with zero attached hydrogens (tertiary/aromatic N) is 1. The van der Waals surface area contributed by atoms with Gasteiger partial charge < -0.3 is 9.47 Å². The number of nitrogens with one attached hydrogen (secondary N) is 1. The Bertz CT molecular complexity index is 1170. The molecule has 0 saturated carbocycles. The fourth-order valence-electron chi connectivity index (χ4n) is 3.98. The second-order valence-corrected chi connectivity index (χ2v) is 7.32. The molecule has 8 nitrogen and oxygen atoms in total. The number of hydrogen-bond acceptors (Lipinski definition) is 6. The molecule has 8 heteroatoms. The highest BCUT2D eigenvalue weighted by Crippen LogP contribution is 2.38. The Balaban J connectivity index is 1.81. The highest BCUT2D eigenvalue weighted by molar-refractivity contribution is 6.23. The average Bonchev–Trinajstić information content (AvgIpc) is 3.05. The van der Waals surface area contributed by atoms with Gasteiger partial charge in [-0.2, -0.15) is 0 Å². The second-order valence-electron chi connectivity index (χ2n) is 7.32. The maximum Gasteiger partial charge on any atom is 0.262 e. The van der Waals surface area contributed by atoms with Gasteiger partial charge >= 0.3 is 0 Å². The van der Waals surface area contributed by atoms with Crippen LogP contribution in [0.25, 0.3) is 10.8 Å². The van der Waals surface area contributed by atoms with Crippen molar-refractivity contribution in [2.24, 2.45) is 0 Å². The lowest BCUT2D eigenvalue weighted by molar-refractivity contribution is -0.130. The van der Waals surface area contributed by atoms with Crippen LogP contribution < -0.4 is 15.0 Å². The molecule has 0 aromatic heterocycles. The van der Waals surface area contributed by atoms with Crippen LogP contribution in [-0.2, 0) is 4.79 Å². The summed E-state index contributed by atoms with van der Waals surface area (Å²) < 4.78 is 10.9. The maximum absolute atomic E-state index is 13.3. The maximum atomic E-state index is 13.3. The van der Waals surface area contributed by atoms with Gasteiger partial charge in [0.2, 0.25) is 5.91 Å². The third-order valence-electron chi connectivity index (χ3n) is 5.47. The fourth-order valence-corrected chi connectivity index (χ4v) is 3.98. The van der Waals surface area contributed by atoms with E-state index in [2.05, 4.69) is 0 Å². The highest BCUT2D eigenvalue weighted by atomic mass is 16.5. The van der Waals surface area contributed by atoms with Gasteiger partial charge in [-0.05, 0) is 47.5 Å². The van der Waals surface area contributed by atoms with Gasteiger partial charge in [-0.1, -0.05) is 30.3 Å². The van der Waals surface area contributed by atoms with Crippen molar-refractivity contribution in [2.75, 3.05) is 13.7 Å². The minimum Gasteiger partial charge on any atom is -0.493 e. The van der Waals surface area contributed by atoms with Crippen molar-refractivity contribution in [3.63, 3.8) is 0 Å². The van der Waals surface area contributed by atoms with E-state index in [1.54, 1.807) is 35.8 Å². The molecule has 1 aliphatic rings. The number of hydrogen-bond donors (Lipinski definition) is 2. The molecule has 0 radical (unpaired) electrons. The van der Waals surface area contributed by atoms with Crippen LogP contribution in [0.15, 0.2) is 54.6 Å². The van der Waals surface area contributed by atoms with E-state index in [9.17, 15) is 14.4 Å². The molecular weight excluding hydrogens is 412 g/mol. The van der Waals surface area contributed by atoms with Crippen molar-refractivity contribution in [3.05, 3.63) is 71.3 Å². The van der Waals surface area contributed by atoms with Crippen molar-refractivity contribution >= 4 is 28.5 Å². The number of carbonyl (C=O) groups excluding carboxylic acids is 3. The predicted octanol–water partition coefficient (Wildman–Crippen LogP) is 3.48. The van der Waals surface area contributed by atoms with Crippen LogP contribution in [0.3, 0.4) is 0 Å². The molecule has 3 amide bonds. The minimum absolute atomic E-state index is 0.279. The lowest BCUT2D eigenvalue weighted by atomic mass is 10.0. The van der Waals surface area contributed by atoms with E-state index in [1.807, 2.05) is 31.2 Å². The van der Waals surface area contributed by atoms with E-state index in [-0.39, 0.29) is 17.5 Å². The van der Waals surface area contributed by atoms with Gasteiger partial charge in [0.25, 0.3) is 11.8 Å². The number of rotatable bonds is 7. The Morgan fingerprint density at radius 3 is 2.16 bits per heavy atom. The first-order valence-corrected chi connectivity index (χ1v) is 10.1. The lowest BCUT2D eigenvalue weighted by Gasteiger charge is -2.26. The van der Waals surface area contributed by atoms with Crippen molar-refractivity contribution in [3.8, 4) is 11.5 Å². The van der Waals surface area contributed by atoms with Crippen LogP contribution in [0.2, 0.25) is 0 Å². The van der Waals surface area contributed by atoms with E-state index in [0.29, 0.717) is 23.7 Å². The van der Waals surface area contributed by atoms with Gasteiger partial charge in [0.1, 0.15) is 0 Å². The Kier molecular flexibility index (Phi) is 5.79. The summed E-state index contributed by atoms with van der Waals surface area (Å²) in [5, 5.41) is 10.8. The summed E-state index contributed by atoms with van der Waals surface area (Å²) in [6.07, 6.45) is -0.320. The van der Waals surface area contributed by atoms with Gasteiger partial charge in [0, 0.05) is 0 Å². The molecule has 1 unspecified atom stereocenters. The molecule has 1 heterocycles. The van der Waals surface area contributed by atoms with Crippen LogP contribution in [0.1, 0.15) is 45.7 Å². The van der Waals surface area contributed by atoms with E-state index < -0.39 is 23.8 Å². The fraction of sp³-hybridized carbons (Fsp3) is 0.208. The summed E-state index contributed by atoms with van der Waals surface area (Å²) in [7, 11) is 1.50. The third kappa shape index (κ3) is 3.65. The number of hydroxylamine groups is 1. The third-order valence-corrected chi connectivity index (χ3v) is 5.47. The van der Waals surface area contributed by atoms with Crippen molar-refractivity contribution < 1.29 is 29.1 Å². The summed E-state index contributed by atoms with van der Waals surface area (Å²) in [5.74, 6) is -0.829. The van der Waals surface area contributed by atoms with Crippen LogP contribution in [-0.4, -0.2) is 41.5 Å². The normalized spacial score (nSPS) is 13.8. The van der Waals surface area contributed by atoms with Crippen LogP contribution in [0, 0.1) is 0 Å². The molecule has 2 N–H and O–H groups in total. The Morgan fingerprint density at radius 1 is 1.00 bits per heavy atom. The number of benzene rings is 3. The molecule has 0 fully saturated rings. The molecule has 1 atom stereocenters. The summed E-state index contributed by atoms with van der Waals surface area (Å²) in [4.78, 5) is 39.8. The zero-order valence-electron chi connectivity index (χ0n) is 17.6. The Labute approximate surface area is 184 Å². The molecule has 32 heavy (non-hydrogen) atoms. The summed E-state index contributed by atoms with van der Waals surface area (Å²) >= 11 is 0. The van der Waals surface area contributed by atoms with E-state index in [1.165, 1.54) is 7.11 Å².